The van der Waals surface area contributed by atoms with Crippen LogP contribution in [-0.4, -0.2) is 28.5 Å². The van der Waals surface area contributed by atoms with E-state index in [0.29, 0.717) is 6.61 Å². The minimum absolute atomic E-state index is 0.0959. The Balaban J connectivity index is 2.45. The lowest BCUT2D eigenvalue weighted by molar-refractivity contribution is -0.385. The summed E-state index contributed by atoms with van der Waals surface area (Å²) in [4.78, 5) is 25.3. The number of hydrogen-bond donors (Lipinski definition) is 1. The molecule has 0 unspecified atom stereocenters. The molecule has 1 aliphatic heterocycles. The van der Waals surface area contributed by atoms with Crippen LogP contribution in [0.5, 0.6) is 5.88 Å². The zero-order valence-corrected chi connectivity index (χ0v) is 8.47. The zero-order chi connectivity index (χ0) is 11.7. The highest BCUT2D eigenvalue weighted by molar-refractivity contribution is 5.97. The molecule has 1 atom stereocenters. The Bertz CT molecular complexity index is 460. The monoisotopic (exact) mass is 223 g/mol. The largest absolute Gasteiger partial charge is 0.475 e. The van der Waals surface area contributed by atoms with Crippen molar-refractivity contribution in [1.29, 1.82) is 0 Å². The molecule has 7 nitrogen and oxygen atoms in total. The number of hydrogen-bond acceptors (Lipinski definition) is 5. The normalized spacial score (nSPS) is 19.1. The predicted octanol–water partition coefficient (Wildman–Crippen LogP) is 0.500. The molecule has 0 saturated carbocycles. The second kappa shape index (κ2) is 3.76. The Hall–Kier alpha value is -2.18. The van der Waals surface area contributed by atoms with Crippen LogP contribution in [0.3, 0.4) is 0 Å². The first-order valence-corrected chi connectivity index (χ1v) is 4.66. The van der Waals surface area contributed by atoms with Crippen molar-refractivity contribution >= 4 is 11.6 Å². The van der Waals surface area contributed by atoms with E-state index in [0.717, 1.165) is 12.3 Å². The number of nitrogens with one attached hydrogen (secondary N) is 1. The summed E-state index contributed by atoms with van der Waals surface area (Å²) in [7, 11) is 0. The van der Waals surface area contributed by atoms with E-state index in [4.69, 9.17) is 4.74 Å². The van der Waals surface area contributed by atoms with Crippen LogP contribution in [0.15, 0.2) is 12.3 Å². The average molecular weight is 223 g/mol. The SMILES string of the molecule is C[C@H]1COc2ncc([N+](=O)[O-])cc2C(=O)N1. The Morgan fingerprint density at radius 1 is 1.69 bits per heavy atom. The lowest BCUT2D eigenvalue weighted by atomic mass is 10.2. The summed E-state index contributed by atoms with van der Waals surface area (Å²) in [6, 6.07) is 1.01. The molecule has 7 heteroatoms. The van der Waals surface area contributed by atoms with Crippen molar-refractivity contribution in [3.8, 4) is 5.88 Å². The first-order valence-electron chi connectivity index (χ1n) is 4.66. The number of nitro groups is 1. The first-order chi connectivity index (χ1) is 7.58. The standard InChI is InChI=1S/C9H9N3O4/c1-5-4-16-9-7(8(13)11-5)2-6(3-10-9)12(14)15/h2-3,5H,4H2,1H3,(H,11,13)/t5-/m0/s1. The van der Waals surface area contributed by atoms with Crippen molar-refractivity contribution in [3.63, 3.8) is 0 Å². The number of carbonyl (C=O) groups is 1. The minimum Gasteiger partial charge on any atom is -0.475 e. The molecular weight excluding hydrogens is 214 g/mol. The summed E-state index contributed by atoms with van der Waals surface area (Å²) >= 11 is 0. The highest BCUT2D eigenvalue weighted by Gasteiger charge is 2.24. The van der Waals surface area contributed by atoms with E-state index < -0.39 is 10.8 Å². The Morgan fingerprint density at radius 2 is 2.44 bits per heavy atom. The number of fused-ring (bicyclic) bond motifs is 1. The van der Waals surface area contributed by atoms with E-state index in [9.17, 15) is 14.9 Å². The third-order valence-corrected chi connectivity index (χ3v) is 2.14. The van der Waals surface area contributed by atoms with Crippen molar-refractivity contribution in [2.75, 3.05) is 6.61 Å². The number of amides is 1. The maximum atomic E-state index is 11.6. The molecule has 2 rings (SSSR count). The van der Waals surface area contributed by atoms with Crippen LogP contribution in [0.1, 0.15) is 17.3 Å². The maximum Gasteiger partial charge on any atom is 0.288 e. The van der Waals surface area contributed by atoms with Gasteiger partial charge in [-0.05, 0) is 6.92 Å². The first kappa shape index (κ1) is 10.3. The fraction of sp³-hybridized carbons (Fsp3) is 0.333. The van der Waals surface area contributed by atoms with Crippen LogP contribution < -0.4 is 10.1 Å². The zero-order valence-electron chi connectivity index (χ0n) is 8.47. The van der Waals surface area contributed by atoms with Crippen LogP contribution in [0.2, 0.25) is 0 Å². The second-order valence-electron chi connectivity index (χ2n) is 3.49. The molecule has 0 aromatic carbocycles. The van der Waals surface area contributed by atoms with E-state index >= 15 is 0 Å². The van der Waals surface area contributed by atoms with Crippen molar-refractivity contribution in [2.45, 2.75) is 13.0 Å². The van der Waals surface area contributed by atoms with E-state index in [1.165, 1.54) is 0 Å². The molecule has 0 aliphatic carbocycles. The lowest BCUT2D eigenvalue weighted by Gasteiger charge is -2.07. The van der Waals surface area contributed by atoms with Gasteiger partial charge in [-0.25, -0.2) is 4.98 Å². The Kier molecular flexibility index (Phi) is 2.43. The molecule has 0 fully saturated rings. The summed E-state index contributed by atoms with van der Waals surface area (Å²) in [5.41, 5.74) is -0.134. The number of aromatic nitrogens is 1. The number of carbonyl (C=O) groups excluding carboxylic acids is 1. The van der Waals surface area contributed by atoms with Gasteiger partial charge in [-0.1, -0.05) is 0 Å². The van der Waals surface area contributed by atoms with E-state index in [1.807, 2.05) is 0 Å². The molecule has 1 aromatic rings. The number of rotatable bonds is 1. The van der Waals surface area contributed by atoms with Crippen molar-refractivity contribution in [1.82, 2.24) is 10.3 Å². The van der Waals surface area contributed by atoms with Gasteiger partial charge in [-0.3, -0.25) is 14.9 Å². The van der Waals surface area contributed by atoms with Crippen LogP contribution >= 0.6 is 0 Å². The molecule has 0 bridgehead atoms. The summed E-state index contributed by atoms with van der Waals surface area (Å²) in [5.74, 6) is -0.274. The lowest BCUT2D eigenvalue weighted by Crippen LogP contribution is -2.33. The molecule has 0 radical (unpaired) electrons. The number of ether oxygens (including phenoxy) is 1. The van der Waals surface area contributed by atoms with Crippen molar-refractivity contribution in [2.24, 2.45) is 0 Å². The van der Waals surface area contributed by atoms with Gasteiger partial charge >= 0.3 is 0 Å². The third kappa shape index (κ3) is 1.79. The summed E-state index contributed by atoms with van der Waals surface area (Å²) in [5, 5.41) is 13.2. The van der Waals surface area contributed by atoms with Gasteiger partial charge in [0.15, 0.2) is 0 Å². The highest BCUT2D eigenvalue weighted by atomic mass is 16.6. The minimum atomic E-state index is -0.602. The van der Waals surface area contributed by atoms with Crippen LogP contribution in [0.4, 0.5) is 5.69 Å². The predicted molar refractivity (Wildman–Crippen MR) is 53.3 cm³/mol. The molecule has 2 heterocycles. The topological polar surface area (TPSA) is 94.4 Å². The third-order valence-electron chi connectivity index (χ3n) is 2.14. The van der Waals surface area contributed by atoms with Gasteiger partial charge in [0.05, 0.1) is 11.0 Å². The molecule has 0 saturated heterocycles. The van der Waals surface area contributed by atoms with Gasteiger partial charge < -0.3 is 10.1 Å². The van der Waals surface area contributed by atoms with Gasteiger partial charge in [0.25, 0.3) is 11.6 Å². The molecule has 0 spiro atoms. The van der Waals surface area contributed by atoms with Gasteiger partial charge in [0.2, 0.25) is 5.88 Å². The van der Waals surface area contributed by atoms with E-state index in [1.54, 1.807) is 6.92 Å². The average Bonchev–Trinajstić information content (AvgIpc) is 2.38. The summed E-state index contributed by atoms with van der Waals surface area (Å²) < 4.78 is 5.25. The van der Waals surface area contributed by atoms with Crippen molar-refractivity contribution < 1.29 is 14.5 Å². The fourth-order valence-corrected chi connectivity index (χ4v) is 1.37. The molecule has 84 valence electrons. The van der Waals surface area contributed by atoms with Crippen LogP contribution in [0, 0.1) is 10.1 Å². The fourth-order valence-electron chi connectivity index (χ4n) is 1.37. The quantitative estimate of drug-likeness (QED) is 0.552. The second-order valence-corrected chi connectivity index (χ2v) is 3.49. The molecule has 1 aliphatic rings. The number of pyridine rings is 1. The number of nitrogens with zero attached hydrogens (tertiary/aromatic N) is 2. The van der Waals surface area contributed by atoms with Crippen LogP contribution in [-0.2, 0) is 0 Å². The van der Waals surface area contributed by atoms with Gasteiger partial charge in [-0.2, -0.15) is 0 Å². The molecule has 1 amide bonds. The maximum absolute atomic E-state index is 11.6. The smallest absolute Gasteiger partial charge is 0.288 e. The molecule has 1 aromatic heterocycles. The van der Waals surface area contributed by atoms with Crippen molar-refractivity contribution in [3.05, 3.63) is 27.9 Å². The summed E-state index contributed by atoms with van der Waals surface area (Å²) in [6.07, 6.45) is 1.07. The van der Waals surface area contributed by atoms with Gasteiger partial charge in [0, 0.05) is 6.07 Å². The van der Waals surface area contributed by atoms with E-state index in [2.05, 4.69) is 10.3 Å². The Morgan fingerprint density at radius 3 is 3.12 bits per heavy atom. The van der Waals surface area contributed by atoms with Crippen LogP contribution in [0.25, 0.3) is 0 Å². The van der Waals surface area contributed by atoms with E-state index in [-0.39, 0.29) is 23.2 Å². The molecule has 16 heavy (non-hydrogen) atoms. The Labute approximate surface area is 90.6 Å². The van der Waals surface area contributed by atoms with Gasteiger partial charge in [-0.15, -0.1) is 0 Å². The van der Waals surface area contributed by atoms with Gasteiger partial charge in [0.1, 0.15) is 18.4 Å². The molecular formula is C9H9N3O4. The summed E-state index contributed by atoms with van der Waals surface area (Å²) in [6.45, 7) is 2.07. The molecule has 1 N–H and O–H groups in total. The highest BCUT2D eigenvalue weighted by Crippen LogP contribution is 2.22.